The van der Waals surface area contributed by atoms with Crippen LogP contribution in [0.2, 0.25) is 5.02 Å². The quantitative estimate of drug-likeness (QED) is 0.556. The van der Waals surface area contributed by atoms with Crippen molar-refractivity contribution in [3.05, 3.63) is 53.1 Å². The molecule has 1 aromatic heterocycles. The first-order chi connectivity index (χ1) is 14.8. The van der Waals surface area contributed by atoms with Gasteiger partial charge in [-0.1, -0.05) is 55.1 Å². The summed E-state index contributed by atoms with van der Waals surface area (Å²) in [5, 5.41) is 10.5. The molecule has 1 saturated carbocycles. The maximum absolute atomic E-state index is 13.1. The SMILES string of the molecule is Cn1c(-c2ccc(Cl)c(S(=O)(=O)NC3CCCCC3)c2)c(CC(=O)O)c2ccccc21. The average molecular weight is 461 g/mol. The molecule has 4 rings (SSSR count). The number of carbonyl (C=O) groups is 1. The maximum atomic E-state index is 13.1. The number of carboxylic acid groups (broad SMARTS) is 1. The molecule has 1 heterocycles. The van der Waals surface area contributed by atoms with Crippen molar-refractivity contribution in [3.63, 3.8) is 0 Å². The Labute approximate surface area is 186 Å². The third kappa shape index (κ3) is 4.35. The first-order valence-corrected chi connectivity index (χ1v) is 12.2. The van der Waals surface area contributed by atoms with E-state index in [9.17, 15) is 18.3 Å². The zero-order valence-corrected chi connectivity index (χ0v) is 18.8. The highest BCUT2D eigenvalue weighted by Gasteiger charge is 2.26. The molecule has 0 amide bonds. The van der Waals surface area contributed by atoms with E-state index >= 15 is 0 Å². The Hall–Kier alpha value is -2.35. The smallest absolute Gasteiger partial charge is 0.307 e. The topological polar surface area (TPSA) is 88.4 Å². The van der Waals surface area contributed by atoms with E-state index in [0.717, 1.165) is 43.0 Å². The number of aryl methyl sites for hydroxylation is 1. The summed E-state index contributed by atoms with van der Waals surface area (Å²) in [7, 11) is -1.95. The Bertz CT molecular complexity index is 1240. The third-order valence-corrected chi connectivity index (χ3v) is 7.96. The molecule has 0 saturated heterocycles. The van der Waals surface area contributed by atoms with E-state index in [-0.39, 0.29) is 22.4 Å². The van der Waals surface area contributed by atoms with Gasteiger partial charge in [0.2, 0.25) is 10.0 Å². The number of benzene rings is 2. The Balaban J connectivity index is 1.82. The minimum atomic E-state index is -3.81. The molecule has 8 heteroatoms. The highest BCUT2D eigenvalue weighted by Crippen LogP contribution is 2.36. The molecule has 2 N–H and O–H groups in total. The lowest BCUT2D eigenvalue weighted by Gasteiger charge is -2.23. The summed E-state index contributed by atoms with van der Waals surface area (Å²) in [5.74, 6) is -0.946. The number of nitrogens with one attached hydrogen (secondary N) is 1. The van der Waals surface area contributed by atoms with Crippen molar-refractivity contribution in [1.82, 2.24) is 9.29 Å². The number of hydrogen-bond acceptors (Lipinski definition) is 3. The normalized spacial score (nSPS) is 15.4. The van der Waals surface area contributed by atoms with Gasteiger partial charge in [-0.25, -0.2) is 13.1 Å². The van der Waals surface area contributed by atoms with Gasteiger partial charge >= 0.3 is 5.97 Å². The Morgan fingerprint density at radius 2 is 1.87 bits per heavy atom. The summed E-state index contributed by atoms with van der Waals surface area (Å²) in [6.07, 6.45) is 4.62. The molecule has 0 spiro atoms. The molecule has 31 heavy (non-hydrogen) atoms. The minimum absolute atomic E-state index is 0.0174. The molecule has 0 bridgehead atoms. The Morgan fingerprint density at radius 1 is 1.16 bits per heavy atom. The van der Waals surface area contributed by atoms with Gasteiger partial charge in [-0.2, -0.15) is 0 Å². The zero-order valence-electron chi connectivity index (χ0n) is 17.3. The Morgan fingerprint density at radius 3 is 2.58 bits per heavy atom. The summed E-state index contributed by atoms with van der Waals surface area (Å²) in [6.45, 7) is 0. The monoisotopic (exact) mass is 460 g/mol. The fraction of sp³-hybridized carbons (Fsp3) is 0.348. The molecule has 0 unspecified atom stereocenters. The van der Waals surface area contributed by atoms with Crippen LogP contribution in [0.15, 0.2) is 47.4 Å². The lowest BCUT2D eigenvalue weighted by molar-refractivity contribution is -0.136. The van der Waals surface area contributed by atoms with Crippen LogP contribution in [-0.2, 0) is 28.3 Å². The van der Waals surface area contributed by atoms with Gasteiger partial charge in [0, 0.05) is 24.0 Å². The molecule has 0 atom stereocenters. The summed E-state index contributed by atoms with van der Waals surface area (Å²) < 4.78 is 31.0. The molecule has 1 fully saturated rings. The first-order valence-electron chi connectivity index (χ1n) is 10.4. The molecule has 3 aromatic rings. The molecule has 164 valence electrons. The molecule has 6 nitrogen and oxygen atoms in total. The first kappa shape index (κ1) is 21.9. The zero-order chi connectivity index (χ0) is 22.2. The van der Waals surface area contributed by atoms with Crippen LogP contribution in [0, 0.1) is 0 Å². The van der Waals surface area contributed by atoms with Gasteiger partial charge in [-0.05, 0) is 42.2 Å². The molecular formula is C23H25ClN2O4S. The van der Waals surface area contributed by atoms with Crippen LogP contribution >= 0.6 is 11.6 Å². The molecule has 0 radical (unpaired) electrons. The number of aliphatic carboxylic acids is 1. The highest BCUT2D eigenvalue weighted by molar-refractivity contribution is 7.89. The largest absolute Gasteiger partial charge is 0.481 e. The highest BCUT2D eigenvalue weighted by atomic mass is 35.5. The standard InChI is InChI=1S/C23H25ClN2O4S/c1-26-20-10-6-5-9-17(20)18(14-22(27)28)23(26)15-11-12-19(24)21(13-15)31(29,30)25-16-7-3-2-4-8-16/h5-6,9-13,16,25H,2-4,7-8,14H2,1H3,(H,27,28). The van der Waals surface area contributed by atoms with Crippen LogP contribution in [0.5, 0.6) is 0 Å². The van der Waals surface area contributed by atoms with Crippen molar-refractivity contribution >= 4 is 38.5 Å². The lowest BCUT2D eigenvalue weighted by Crippen LogP contribution is -2.36. The lowest BCUT2D eigenvalue weighted by atomic mass is 9.96. The predicted octanol–water partition coefficient (Wildman–Crippen LogP) is 4.74. The molecule has 1 aliphatic carbocycles. The van der Waals surface area contributed by atoms with Crippen molar-refractivity contribution in [1.29, 1.82) is 0 Å². The van der Waals surface area contributed by atoms with Gasteiger partial charge in [0.05, 0.1) is 17.1 Å². The summed E-state index contributed by atoms with van der Waals surface area (Å²) >= 11 is 6.31. The van der Waals surface area contributed by atoms with Gasteiger partial charge in [0.1, 0.15) is 4.90 Å². The number of para-hydroxylation sites is 1. The number of sulfonamides is 1. The fourth-order valence-electron chi connectivity index (χ4n) is 4.53. The van der Waals surface area contributed by atoms with Crippen LogP contribution in [0.25, 0.3) is 22.2 Å². The van der Waals surface area contributed by atoms with Crippen molar-refractivity contribution in [2.45, 2.75) is 49.5 Å². The van der Waals surface area contributed by atoms with E-state index in [1.165, 1.54) is 0 Å². The number of halogens is 1. The molecule has 1 aliphatic rings. The van der Waals surface area contributed by atoms with Crippen LogP contribution < -0.4 is 4.72 Å². The Kier molecular flexibility index (Phi) is 6.10. The summed E-state index contributed by atoms with van der Waals surface area (Å²) in [4.78, 5) is 11.6. The van der Waals surface area contributed by atoms with Gasteiger partial charge in [-0.3, -0.25) is 4.79 Å². The number of nitrogens with zero attached hydrogens (tertiary/aromatic N) is 1. The van der Waals surface area contributed by atoms with Crippen LogP contribution in [0.3, 0.4) is 0 Å². The molecular weight excluding hydrogens is 436 g/mol. The molecule has 0 aliphatic heterocycles. The van der Waals surface area contributed by atoms with Gasteiger partial charge in [0.15, 0.2) is 0 Å². The van der Waals surface area contributed by atoms with Crippen molar-refractivity contribution in [2.75, 3.05) is 0 Å². The second-order valence-electron chi connectivity index (χ2n) is 8.08. The minimum Gasteiger partial charge on any atom is -0.481 e. The van der Waals surface area contributed by atoms with Crippen molar-refractivity contribution in [2.24, 2.45) is 7.05 Å². The van der Waals surface area contributed by atoms with Crippen LogP contribution in [0.4, 0.5) is 0 Å². The second-order valence-corrected chi connectivity index (χ2v) is 10.2. The second kappa shape index (κ2) is 8.65. The van der Waals surface area contributed by atoms with Gasteiger partial charge in [0.25, 0.3) is 0 Å². The van der Waals surface area contributed by atoms with Gasteiger partial charge in [-0.15, -0.1) is 0 Å². The predicted molar refractivity (Wildman–Crippen MR) is 122 cm³/mol. The number of rotatable bonds is 6. The van der Waals surface area contributed by atoms with E-state index in [1.807, 2.05) is 35.9 Å². The maximum Gasteiger partial charge on any atom is 0.307 e. The fourth-order valence-corrected chi connectivity index (χ4v) is 6.36. The van der Waals surface area contributed by atoms with Crippen LogP contribution in [0.1, 0.15) is 37.7 Å². The van der Waals surface area contributed by atoms with E-state index in [0.29, 0.717) is 16.8 Å². The number of carboxylic acids is 1. The number of fused-ring (bicyclic) bond motifs is 1. The molecule has 2 aromatic carbocycles. The number of hydrogen-bond donors (Lipinski definition) is 2. The van der Waals surface area contributed by atoms with E-state index in [4.69, 9.17) is 11.6 Å². The van der Waals surface area contributed by atoms with Gasteiger partial charge < -0.3 is 9.67 Å². The van der Waals surface area contributed by atoms with Crippen molar-refractivity contribution in [3.8, 4) is 11.3 Å². The third-order valence-electron chi connectivity index (χ3n) is 5.96. The van der Waals surface area contributed by atoms with Crippen LogP contribution in [-0.4, -0.2) is 30.1 Å². The summed E-state index contributed by atoms with van der Waals surface area (Å²) in [5.41, 5.74) is 2.82. The van der Waals surface area contributed by atoms with E-state index < -0.39 is 16.0 Å². The average Bonchev–Trinajstić information content (AvgIpc) is 3.00. The summed E-state index contributed by atoms with van der Waals surface area (Å²) in [6, 6.07) is 12.3. The van der Waals surface area contributed by atoms with Crippen molar-refractivity contribution < 1.29 is 18.3 Å². The number of aromatic nitrogens is 1. The van der Waals surface area contributed by atoms with E-state index in [2.05, 4.69) is 4.72 Å². The van der Waals surface area contributed by atoms with E-state index in [1.54, 1.807) is 18.2 Å².